The van der Waals surface area contributed by atoms with Crippen LogP contribution in [0, 0.1) is 0 Å². The van der Waals surface area contributed by atoms with Crippen molar-refractivity contribution in [2.45, 2.75) is 25.3 Å². The summed E-state index contributed by atoms with van der Waals surface area (Å²) in [5.74, 6) is 0.712. The van der Waals surface area contributed by atoms with Gasteiger partial charge >= 0.3 is 0 Å². The van der Waals surface area contributed by atoms with E-state index in [0.717, 1.165) is 45.3 Å². The highest BCUT2D eigenvalue weighted by atomic mass is 32.1. The van der Waals surface area contributed by atoms with E-state index >= 15 is 0 Å². The molecule has 0 fully saturated rings. The van der Waals surface area contributed by atoms with E-state index in [1.54, 1.807) is 11.3 Å². The molecule has 14 rings (SSSR count). The van der Waals surface area contributed by atoms with Gasteiger partial charge in [-0.05, 0) is 83.6 Å². The number of hydrogen-bond donors (Lipinski definition) is 0. The largest absolute Gasteiger partial charge is 0.333 e. The number of aromatic nitrogens is 4. The van der Waals surface area contributed by atoms with Gasteiger partial charge in [0.2, 0.25) is 5.95 Å². The molecule has 0 saturated carbocycles. The Kier molecular flexibility index (Phi) is 5.72. The molecule has 0 saturated heterocycles. The van der Waals surface area contributed by atoms with Gasteiger partial charge in [-0.3, -0.25) is 4.57 Å². The van der Waals surface area contributed by atoms with Crippen molar-refractivity contribution in [2.24, 2.45) is 0 Å². The highest BCUT2D eigenvalue weighted by molar-refractivity contribution is 7.26. The maximum Gasteiger partial charge on any atom is 0.235 e. The van der Waals surface area contributed by atoms with Crippen molar-refractivity contribution in [3.63, 3.8) is 0 Å². The maximum atomic E-state index is 5.75. The second-order valence-corrected chi connectivity index (χ2v) is 17.6. The minimum atomic E-state index is 0.327. The molecule has 6 heteroatoms. The second kappa shape index (κ2) is 10.7. The van der Waals surface area contributed by atoms with Crippen LogP contribution in [0.5, 0.6) is 0 Å². The van der Waals surface area contributed by atoms with Gasteiger partial charge in [0, 0.05) is 62.9 Å². The van der Waals surface area contributed by atoms with Crippen LogP contribution in [0.25, 0.3) is 123 Å². The van der Waals surface area contributed by atoms with Crippen molar-refractivity contribution in [3.05, 3.63) is 140 Å². The number of para-hydroxylation sites is 1. The number of allylic oxidation sites excluding steroid dienone is 2. The summed E-state index contributed by atoms with van der Waals surface area (Å²) >= 11 is 3.70. The molecule has 4 nitrogen and oxygen atoms in total. The number of fused-ring (bicyclic) bond motifs is 7. The Hall–Kier alpha value is -6.34. The number of benzene rings is 7. The lowest BCUT2D eigenvalue weighted by atomic mass is 9.95. The number of nitrogens with zero attached hydrogens (tertiary/aromatic N) is 4. The van der Waals surface area contributed by atoms with Crippen molar-refractivity contribution in [3.8, 4) is 28.3 Å². The fourth-order valence-electron chi connectivity index (χ4n) is 10.4. The molecule has 12 aromatic rings. The van der Waals surface area contributed by atoms with Crippen LogP contribution >= 0.6 is 22.7 Å². The van der Waals surface area contributed by atoms with Crippen LogP contribution in [-0.2, 0) is 0 Å². The van der Waals surface area contributed by atoms with E-state index in [1.165, 1.54) is 91.2 Å². The van der Waals surface area contributed by atoms with Crippen molar-refractivity contribution in [2.75, 3.05) is 0 Å². The highest BCUT2D eigenvalue weighted by Gasteiger charge is 2.28. The average molecular weight is 751 g/mol. The van der Waals surface area contributed by atoms with Gasteiger partial charge in [0.05, 0.1) is 38.5 Å². The van der Waals surface area contributed by atoms with Gasteiger partial charge in [-0.15, -0.1) is 22.7 Å². The molecule has 0 N–H and O–H groups in total. The molecule has 0 radical (unpaired) electrons. The first-order valence-corrected chi connectivity index (χ1v) is 21.2. The van der Waals surface area contributed by atoms with E-state index in [-0.39, 0.29) is 0 Å². The predicted octanol–water partition coefficient (Wildman–Crippen LogP) is 14.5. The lowest BCUT2D eigenvalue weighted by molar-refractivity contribution is 0.542. The highest BCUT2D eigenvalue weighted by Crippen LogP contribution is 2.52. The third-order valence-corrected chi connectivity index (χ3v) is 14.9. The Morgan fingerprint density at radius 2 is 1.25 bits per heavy atom. The Morgan fingerprint density at radius 1 is 0.518 bits per heavy atom. The minimum absolute atomic E-state index is 0.327. The first-order valence-electron chi connectivity index (χ1n) is 19.5. The summed E-state index contributed by atoms with van der Waals surface area (Å²) in [6.45, 7) is 0. The zero-order valence-corrected chi connectivity index (χ0v) is 31.7. The van der Waals surface area contributed by atoms with Crippen LogP contribution in [-0.4, -0.2) is 19.1 Å². The third-order valence-electron chi connectivity index (χ3n) is 12.6. The van der Waals surface area contributed by atoms with Gasteiger partial charge in [-0.2, -0.15) is 0 Å². The zero-order chi connectivity index (χ0) is 36.2. The maximum absolute atomic E-state index is 5.75. The van der Waals surface area contributed by atoms with Crippen molar-refractivity contribution >= 4 is 118 Å². The second-order valence-electron chi connectivity index (χ2n) is 15.5. The molecule has 1 unspecified atom stereocenters. The standard InChI is InChI=1S/C50H30N4S2/c1-2-12-28(13-3-1)53-34-19-6-4-14-31(34)42-33(18-9-20-35(42)53)48-49-47(32-15-5-7-21-38(32)56-49)51-50(52-48)54-36-24-23-27-11-8-16-29-30-17-10-22-39-43(30)46-40(55-39)26-25-37(54)45(46)44(36)41(27)29/h2,4-12,14-26,28H,1,3,13H2. The van der Waals surface area contributed by atoms with Gasteiger partial charge in [0.1, 0.15) is 0 Å². The Balaban J connectivity index is 1.16. The molecule has 0 bridgehead atoms. The molecule has 0 amide bonds. The van der Waals surface area contributed by atoms with E-state index in [1.807, 2.05) is 11.3 Å². The third kappa shape index (κ3) is 3.69. The normalized spacial score (nSPS) is 15.4. The van der Waals surface area contributed by atoms with Gasteiger partial charge < -0.3 is 4.57 Å². The SMILES string of the molecule is C1=CC(n2c3ccccc3c3c(-c4nc(-n5c6ccc7cccc8c7c6c6c7c(ccc65)sc5cccc-8c57)nc5c4sc4ccccc45)cccc32)CCC1. The van der Waals surface area contributed by atoms with Crippen LogP contribution in [0.15, 0.2) is 140 Å². The number of rotatable bonds is 3. The fraction of sp³-hybridized carbons (Fsp3) is 0.0800. The summed E-state index contributed by atoms with van der Waals surface area (Å²) in [6, 6.07) is 47.7. The first-order chi connectivity index (χ1) is 27.8. The number of hydrogen-bond acceptors (Lipinski definition) is 4. The monoisotopic (exact) mass is 750 g/mol. The summed E-state index contributed by atoms with van der Waals surface area (Å²) in [5.41, 5.74) is 10.6. The number of thiophene rings is 2. The molecule has 0 spiro atoms. The van der Waals surface area contributed by atoms with Crippen LogP contribution < -0.4 is 0 Å². The van der Waals surface area contributed by atoms with Crippen molar-refractivity contribution < 1.29 is 0 Å². The average Bonchev–Trinajstić information content (AvgIpc) is 3.98. The fourth-order valence-corrected chi connectivity index (χ4v) is 12.7. The van der Waals surface area contributed by atoms with Crippen LogP contribution in [0.4, 0.5) is 0 Å². The molecular weight excluding hydrogens is 721 g/mol. The van der Waals surface area contributed by atoms with Crippen LogP contribution in [0.3, 0.4) is 0 Å². The lowest BCUT2D eigenvalue weighted by Gasteiger charge is -2.21. The van der Waals surface area contributed by atoms with Crippen molar-refractivity contribution in [1.82, 2.24) is 19.1 Å². The van der Waals surface area contributed by atoms with Gasteiger partial charge in [0.15, 0.2) is 0 Å². The van der Waals surface area contributed by atoms with Crippen LogP contribution in [0.2, 0.25) is 0 Å². The molecule has 2 aliphatic rings. The van der Waals surface area contributed by atoms with Gasteiger partial charge in [0.25, 0.3) is 0 Å². The summed E-state index contributed by atoms with van der Waals surface area (Å²) in [4.78, 5) is 11.3. The zero-order valence-electron chi connectivity index (χ0n) is 30.1. The van der Waals surface area contributed by atoms with E-state index in [0.29, 0.717) is 12.0 Å². The summed E-state index contributed by atoms with van der Waals surface area (Å²) in [5, 5.41) is 11.6. The topological polar surface area (TPSA) is 35.6 Å². The Morgan fingerprint density at radius 3 is 2.16 bits per heavy atom. The Labute approximate surface area is 328 Å². The summed E-state index contributed by atoms with van der Waals surface area (Å²) in [6.07, 6.45) is 8.28. The minimum Gasteiger partial charge on any atom is -0.333 e. The molecule has 262 valence electrons. The molecule has 56 heavy (non-hydrogen) atoms. The predicted molar refractivity (Wildman–Crippen MR) is 239 cm³/mol. The van der Waals surface area contributed by atoms with Gasteiger partial charge in [-0.1, -0.05) is 97.1 Å². The summed E-state index contributed by atoms with van der Waals surface area (Å²) < 4.78 is 9.94. The van der Waals surface area contributed by atoms with E-state index in [9.17, 15) is 0 Å². The smallest absolute Gasteiger partial charge is 0.235 e. The molecule has 5 aromatic heterocycles. The van der Waals surface area contributed by atoms with Crippen molar-refractivity contribution in [1.29, 1.82) is 0 Å². The van der Waals surface area contributed by atoms with E-state index in [4.69, 9.17) is 9.97 Å². The van der Waals surface area contributed by atoms with E-state index in [2.05, 4.69) is 149 Å². The molecule has 5 heterocycles. The van der Waals surface area contributed by atoms with Gasteiger partial charge in [-0.25, -0.2) is 9.97 Å². The quantitative estimate of drug-likeness (QED) is 0.169. The molecular formula is C50H30N4S2. The lowest BCUT2D eigenvalue weighted by Crippen LogP contribution is -2.08. The first kappa shape index (κ1) is 29.9. The summed E-state index contributed by atoms with van der Waals surface area (Å²) in [7, 11) is 0. The van der Waals surface area contributed by atoms with E-state index < -0.39 is 0 Å². The molecule has 0 aliphatic heterocycles. The van der Waals surface area contributed by atoms with Crippen LogP contribution in [0.1, 0.15) is 25.3 Å². The molecule has 7 aromatic carbocycles. The molecule has 2 aliphatic carbocycles. The Bertz CT molecular complexity index is 3760. The molecule has 1 atom stereocenters.